The summed E-state index contributed by atoms with van der Waals surface area (Å²) >= 11 is 0.204. The third-order valence-corrected chi connectivity index (χ3v) is 10.3. The van der Waals surface area contributed by atoms with E-state index in [1.54, 1.807) is 0 Å². The standard InChI is InChI=1S/C38H70N2O2Se/c1-3-5-7-9-11-13-15-17-19-21-23-25-27-29-31-37(41)39-35-33-43-34-36(35)40-38(42)32-30-28-26-24-22-20-18-16-14-12-10-8-6-4-2/h33-34H,3-32H2,1-2H3,(H,39,41)(H,40,42). The third-order valence-electron chi connectivity index (χ3n) is 8.72. The summed E-state index contributed by atoms with van der Waals surface area (Å²) in [4.78, 5) is 29.1. The Labute approximate surface area is 273 Å². The first-order chi connectivity index (χ1) is 21.2. The molecule has 0 fully saturated rings. The molecule has 0 aliphatic heterocycles. The molecule has 0 aliphatic carbocycles. The summed E-state index contributed by atoms with van der Waals surface area (Å²) in [5.41, 5.74) is 1.62. The molecule has 1 heterocycles. The quantitative estimate of drug-likeness (QED) is 0.0594. The van der Waals surface area contributed by atoms with Gasteiger partial charge in [-0.3, -0.25) is 0 Å². The predicted molar refractivity (Wildman–Crippen MR) is 190 cm³/mol. The minimum Gasteiger partial charge on any atom is -0.0654 e. The fourth-order valence-electron chi connectivity index (χ4n) is 5.88. The number of unbranched alkanes of at least 4 members (excludes halogenated alkanes) is 26. The molecular formula is C38H70N2O2Se. The van der Waals surface area contributed by atoms with Crippen LogP contribution < -0.4 is 10.6 Å². The summed E-state index contributed by atoms with van der Waals surface area (Å²) in [6.07, 6.45) is 38.2. The summed E-state index contributed by atoms with van der Waals surface area (Å²) in [5, 5.41) is 6.11. The predicted octanol–water partition coefficient (Wildman–Crippen LogP) is 12.4. The molecule has 0 spiro atoms. The van der Waals surface area contributed by atoms with Crippen molar-refractivity contribution >= 4 is 37.7 Å². The summed E-state index contributed by atoms with van der Waals surface area (Å²) in [6.45, 7) is 4.56. The van der Waals surface area contributed by atoms with Gasteiger partial charge in [0, 0.05) is 0 Å². The van der Waals surface area contributed by atoms with E-state index in [4.69, 9.17) is 0 Å². The number of hydrogen-bond donors (Lipinski definition) is 2. The van der Waals surface area contributed by atoms with Crippen molar-refractivity contribution in [3.05, 3.63) is 9.88 Å². The van der Waals surface area contributed by atoms with Crippen molar-refractivity contribution in [2.24, 2.45) is 0 Å². The first-order valence-electron chi connectivity index (χ1n) is 18.8. The summed E-state index contributed by atoms with van der Waals surface area (Å²) < 4.78 is 0. The summed E-state index contributed by atoms with van der Waals surface area (Å²) in [7, 11) is 0. The molecule has 0 saturated heterocycles. The topological polar surface area (TPSA) is 58.2 Å². The van der Waals surface area contributed by atoms with E-state index < -0.39 is 0 Å². The molecule has 0 saturated carbocycles. The van der Waals surface area contributed by atoms with Gasteiger partial charge in [0.15, 0.2) is 0 Å². The number of amides is 2. The molecule has 1 aromatic rings. The van der Waals surface area contributed by atoms with Crippen LogP contribution >= 0.6 is 0 Å². The van der Waals surface area contributed by atoms with E-state index in [1.807, 2.05) is 0 Å². The van der Waals surface area contributed by atoms with Gasteiger partial charge in [-0.05, 0) is 0 Å². The molecular weight excluding hydrogens is 595 g/mol. The van der Waals surface area contributed by atoms with Crippen molar-refractivity contribution in [2.45, 2.75) is 206 Å². The Bertz CT molecular complexity index is 702. The molecule has 43 heavy (non-hydrogen) atoms. The fraction of sp³-hybridized carbons (Fsp3) is 0.842. The van der Waals surface area contributed by atoms with E-state index in [0.717, 1.165) is 37.1 Å². The zero-order chi connectivity index (χ0) is 31.1. The van der Waals surface area contributed by atoms with E-state index >= 15 is 0 Å². The molecule has 250 valence electrons. The monoisotopic (exact) mass is 666 g/mol. The Morgan fingerprint density at radius 1 is 0.419 bits per heavy atom. The van der Waals surface area contributed by atoms with Crippen molar-refractivity contribution in [3.63, 3.8) is 0 Å². The normalized spacial score (nSPS) is 11.2. The maximum absolute atomic E-state index is 12.5. The van der Waals surface area contributed by atoms with E-state index in [0.29, 0.717) is 12.8 Å². The van der Waals surface area contributed by atoms with Gasteiger partial charge >= 0.3 is 171 Å². The van der Waals surface area contributed by atoms with Crippen molar-refractivity contribution in [3.8, 4) is 0 Å². The zero-order valence-corrected chi connectivity index (χ0v) is 30.3. The number of rotatable bonds is 32. The van der Waals surface area contributed by atoms with E-state index in [9.17, 15) is 9.59 Å². The first kappa shape index (κ1) is 40.0. The van der Waals surface area contributed by atoms with E-state index in [2.05, 4.69) is 34.4 Å². The molecule has 2 amide bonds. The SMILES string of the molecule is CCCCCCCCCCCCCCCCC(=O)Nc1c[se]cc1NC(=O)CCCCCCCCCCCCCCCC. The average Bonchev–Trinajstić information content (AvgIpc) is 3.43. The minimum absolute atomic E-state index is 0.0787. The van der Waals surface area contributed by atoms with Crippen LogP contribution in [-0.4, -0.2) is 26.3 Å². The molecule has 1 aromatic heterocycles. The van der Waals surface area contributed by atoms with Crippen molar-refractivity contribution in [1.82, 2.24) is 0 Å². The first-order valence-corrected chi connectivity index (χ1v) is 20.8. The molecule has 0 aromatic carbocycles. The number of hydrogen-bond acceptors (Lipinski definition) is 2. The molecule has 5 heteroatoms. The molecule has 0 bridgehead atoms. The Morgan fingerprint density at radius 2 is 0.651 bits per heavy atom. The Morgan fingerprint density at radius 3 is 0.907 bits per heavy atom. The van der Waals surface area contributed by atoms with Gasteiger partial charge in [-0.15, -0.1) is 0 Å². The third kappa shape index (κ3) is 25.9. The van der Waals surface area contributed by atoms with Gasteiger partial charge in [-0.2, -0.15) is 0 Å². The van der Waals surface area contributed by atoms with Gasteiger partial charge in [-0.25, -0.2) is 0 Å². The van der Waals surface area contributed by atoms with Crippen LogP contribution in [0.25, 0.3) is 0 Å². The van der Waals surface area contributed by atoms with Gasteiger partial charge in [0.25, 0.3) is 0 Å². The molecule has 2 N–H and O–H groups in total. The number of nitrogens with one attached hydrogen (secondary N) is 2. The minimum atomic E-state index is 0.0787. The van der Waals surface area contributed by atoms with Gasteiger partial charge in [0.2, 0.25) is 0 Å². The van der Waals surface area contributed by atoms with Crippen LogP contribution in [-0.2, 0) is 9.59 Å². The van der Waals surface area contributed by atoms with Crippen LogP contribution in [0.15, 0.2) is 9.88 Å². The Hall–Kier alpha value is -1.06. The van der Waals surface area contributed by atoms with Crippen LogP contribution in [0.5, 0.6) is 0 Å². The van der Waals surface area contributed by atoms with Gasteiger partial charge in [0.05, 0.1) is 0 Å². The summed E-state index contributed by atoms with van der Waals surface area (Å²) in [5.74, 6) is 0.157. The van der Waals surface area contributed by atoms with Gasteiger partial charge in [0.1, 0.15) is 0 Å². The Kier molecular flexibility index (Phi) is 28.8. The van der Waals surface area contributed by atoms with Gasteiger partial charge < -0.3 is 0 Å². The maximum atomic E-state index is 12.5. The number of carbonyl (C=O) groups excluding carboxylic acids is 2. The van der Waals surface area contributed by atoms with Crippen molar-refractivity contribution in [1.29, 1.82) is 0 Å². The van der Waals surface area contributed by atoms with E-state index in [1.165, 1.54) is 154 Å². The van der Waals surface area contributed by atoms with Crippen LogP contribution in [0.3, 0.4) is 0 Å². The number of carbonyl (C=O) groups is 2. The van der Waals surface area contributed by atoms with Crippen LogP contribution in [0.2, 0.25) is 0 Å². The second-order valence-corrected chi connectivity index (χ2v) is 14.5. The van der Waals surface area contributed by atoms with E-state index in [-0.39, 0.29) is 26.3 Å². The average molecular weight is 666 g/mol. The molecule has 0 aliphatic rings. The van der Waals surface area contributed by atoms with Crippen LogP contribution in [0, 0.1) is 0 Å². The Balaban J connectivity index is 1.96. The number of anilines is 2. The molecule has 1 rings (SSSR count). The van der Waals surface area contributed by atoms with Gasteiger partial charge in [-0.1, -0.05) is 104 Å². The van der Waals surface area contributed by atoms with Crippen molar-refractivity contribution in [2.75, 3.05) is 10.6 Å². The zero-order valence-electron chi connectivity index (χ0n) is 28.6. The molecule has 0 atom stereocenters. The fourth-order valence-corrected chi connectivity index (χ4v) is 7.37. The van der Waals surface area contributed by atoms with Crippen molar-refractivity contribution < 1.29 is 9.59 Å². The smallest absolute Gasteiger partial charge is 0.0654 e. The molecule has 0 unspecified atom stereocenters. The summed E-state index contributed by atoms with van der Waals surface area (Å²) in [6, 6.07) is 0. The van der Waals surface area contributed by atoms with Crippen LogP contribution in [0.1, 0.15) is 206 Å². The molecule has 0 radical (unpaired) electrons. The second kappa shape index (κ2) is 30.9. The molecule has 4 nitrogen and oxygen atoms in total. The van der Waals surface area contributed by atoms with Crippen LogP contribution in [0.4, 0.5) is 11.4 Å². The second-order valence-electron chi connectivity index (χ2n) is 13.0.